The van der Waals surface area contributed by atoms with E-state index < -0.39 is 9.84 Å². The summed E-state index contributed by atoms with van der Waals surface area (Å²) >= 11 is 0. The van der Waals surface area contributed by atoms with Crippen LogP contribution < -0.4 is 0 Å². The molecule has 6 nitrogen and oxygen atoms in total. The van der Waals surface area contributed by atoms with Crippen LogP contribution in [0.1, 0.15) is 11.6 Å². The van der Waals surface area contributed by atoms with Crippen LogP contribution in [0.5, 0.6) is 0 Å². The van der Waals surface area contributed by atoms with Crippen molar-refractivity contribution >= 4 is 9.84 Å². The van der Waals surface area contributed by atoms with Crippen molar-refractivity contribution in [3.05, 3.63) is 42.0 Å². The summed E-state index contributed by atoms with van der Waals surface area (Å²) in [5, 5.41) is 16.8. The second kappa shape index (κ2) is 4.87. The Kier molecular flexibility index (Phi) is 3.44. The van der Waals surface area contributed by atoms with Crippen LogP contribution in [0.2, 0.25) is 0 Å². The topological polar surface area (TPSA) is 85.1 Å². The first-order chi connectivity index (χ1) is 8.51. The first kappa shape index (κ1) is 12.7. The molecule has 0 saturated carbocycles. The normalized spacial score (nSPS) is 11.7. The van der Waals surface area contributed by atoms with Crippen LogP contribution in [0.3, 0.4) is 0 Å². The van der Waals surface area contributed by atoms with Gasteiger partial charge in [-0.25, -0.2) is 8.42 Å². The van der Waals surface area contributed by atoms with E-state index in [4.69, 9.17) is 0 Å². The molecule has 0 spiro atoms. The summed E-state index contributed by atoms with van der Waals surface area (Å²) in [6.07, 6.45) is 1.13. The maximum atomic E-state index is 11.3. The second-order valence-corrected chi connectivity index (χ2v) is 6.07. The van der Waals surface area contributed by atoms with Gasteiger partial charge in [0.15, 0.2) is 21.5 Å². The Morgan fingerprint density at radius 2 is 1.78 bits per heavy atom. The monoisotopic (exact) mass is 267 g/mol. The Morgan fingerprint density at radius 3 is 2.33 bits per heavy atom. The fraction of sp³-hybridized carbons (Fsp3) is 0.273. The van der Waals surface area contributed by atoms with Gasteiger partial charge in [0.1, 0.15) is 12.4 Å². The SMILES string of the molecule is CS(=O)(=O)Cc1nnc(CO)n1-c1ccccc1. The molecule has 0 aliphatic rings. The third kappa shape index (κ3) is 2.74. The maximum absolute atomic E-state index is 11.3. The van der Waals surface area contributed by atoms with Crippen LogP contribution in [0.15, 0.2) is 30.3 Å². The van der Waals surface area contributed by atoms with Crippen LogP contribution in [0.4, 0.5) is 0 Å². The molecule has 0 fully saturated rings. The van der Waals surface area contributed by atoms with E-state index in [0.29, 0.717) is 11.6 Å². The molecule has 0 amide bonds. The predicted octanol–water partition coefficient (Wildman–Crippen LogP) is 0.304. The van der Waals surface area contributed by atoms with Gasteiger partial charge in [-0.05, 0) is 12.1 Å². The lowest BCUT2D eigenvalue weighted by molar-refractivity contribution is 0.268. The van der Waals surface area contributed by atoms with E-state index in [-0.39, 0.29) is 12.4 Å². The number of aromatic nitrogens is 3. The number of benzene rings is 1. The third-order valence-corrected chi connectivity index (χ3v) is 3.13. The lowest BCUT2D eigenvalue weighted by atomic mass is 10.3. The molecule has 96 valence electrons. The largest absolute Gasteiger partial charge is 0.388 e. The molecular formula is C11H13N3O3S. The number of aliphatic hydroxyl groups is 1. The molecule has 1 aromatic carbocycles. The van der Waals surface area contributed by atoms with Crippen molar-refractivity contribution < 1.29 is 13.5 Å². The minimum Gasteiger partial charge on any atom is -0.388 e. The highest BCUT2D eigenvalue weighted by atomic mass is 32.2. The van der Waals surface area contributed by atoms with Crippen molar-refractivity contribution in [2.24, 2.45) is 0 Å². The van der Waals surface area contributed by atoms with E-state index in [1.165, 1.54) is 0 Å². The van der Waals surface area contributed by atoms with Gasteiger partial charge >= 0.3 is 0 Å². The van der Waals surface area contributed by atoms with E-state index in [2.05, 4.69) is 10.2 Å². The molecule has 18 heavy (non-hydrogen) atoms. The maximum Gasteiger partial charge on any atom is 0.163 e. The Balaban J connectivity index is 2.53. The number of para-hydroxylation sites is 1. The average molecular weight is 267 g/mol. The van der Waals surface area contributed by atoms with E-state index in [9.17, 15) is 13.5 Å². The van der Waals surface area contributed by atoms with Gasteiger partial charge in [-0.1, -0.05) is 18.2 Å². The Labute approximate surface area is 105 Å². The van der Waals surface area contributed by atoms with Crippen LogP contribution in [0.25, 0.3) is 5.69 Å². The van der Waals surface area contributed by atoms with Crippen LogP contribution in [0, 0.1) is 0 Å². The molecule has 0 radical (unpaired) electrons. The summed E-state index contributed by atoms with van der Waals surface area (Å²) < 4.78 is 24.2. The van der Waals surface area contributed by atoms with Gasteiger partial charge in [-0.15, -0.1) is 10.2 Å². The number of aliphatic hydroxyl groups excluding tert-OH is 1. The van der Waals surface area contributed by atoms with Crippen molar-refractivity contribution in [1.29, 1.82) is 0 Å². The molecule has 1 N–H and O–H groups in total. The Bertz CT molecular complexity index is 635. The summed E-state index contributed by atoms with van der Waals surface area (Å²) in [5.41, 5.74) is 0.727. The smallest absolute Gasteiger partial charge is 0.163 e. The summed E-state index contributed by atoms with van der Waals surface area (Å²) in [4.78, 5) is 0. The number of rotatable bonds is 4. The molecule has 0 atom stereocenters. The van der Waals surface area contributed by atoms with Gasteiger partial charge in [0, 0.05) is 11.9 Å². The predicted molar refractivity (Wildman–Crippen MR) is 65.8 cm³/mol. The first-order valence-electron chi connectivity index (χ1n) is 5.28. The molecule has 7 heteroatoms. The van der Waals surface area contributed by atoms with Gasteiger partial charge in [0.2, 0.25) is 0 Å². The molecular weight excluding hydrogens is 254 g/mol. The van der Waals surface area contributed by atoms with E-state index in [0.717, 1.165) is 11.9 Å². The average Bonchev–Trinajstić information content (AvgIpc) is 2.70. The van der Waals surface area contributed by atoms with Crippen molar-refractivity contribution in [3.8, 4) is 5.69 Å². The Morgan fingerprint density at radius 1 is 1.17 bits per heavy atom. The lowest BCUT2D eigenvalue weighted by Crippen LogP contribution is -2.10. The standard InChI is InChI=1S/C11H13N3O3S/c1-18(16,17)8-11-13-12-10(7-15)14(11)9-5-3-2-4-6-9/h2-6,15H,7-8H2,1H3. The van der Waals surface area contributed by atoms with Crippen molar-refractivity contribution in [1.82, 2.24) is 14.8 Å². The molecule has 0 aliphatic heterocycles. The molecule has 1 heterocycles. The number of hydrogen-bond acceptors (Lipinski definition) is 5. The zero-order valence-corrected chi connectivity index (χ0v) is 10.6. The van der Waals surface area contributed by atoms with Crippen molar-refractivity contribution in [2.45, 2.75) is 12.4 Å². The molecule has 0 bridgehead atoms. The van der Waals surface area contributed by atoms with Crippen LogP contribution in [-0.4, -0.2) is 34.5 Å². The second-order valence-electron chi connectivity index (χ2n) is 3.93. The van der Waals surface area contributed by atoms with Crippen LogP contribution >= 0.6 is 0 Å². The number of hydrogen-bond donors (Lipinski definition) is 1. The van der Waals surface area contributed by atoms with Gasteiger partial charge in [-0.2, -0.15) is 0 Å². The fourth-order valence-corrected chi connectivity index (χ4v) is 2.32. The molecule has 0 unspecified atom stereocenters. The molecule has 0 aliphatic carbocycles. The zero-order chi connectivity index (χ0) is 13.2. The summed E-state index contributed by atoms with van der Waals surface area (Å²) in [7, 11) is -3.21. The summed E-state index contributed by atoms with van der Waals surface area (Å²) in [6.45, 7) is -0.300. The highest BCUT2D eigenvalue weighted by molar-refractivity contribution is 7.89. The van der Waals surface area contributed by atoms with Crippen LogP contribution in [-0.2, 0) is 22.2 Å². The summed E-state index contributed by atoms with van der Waals surface area (Å²) in [5.74, 6) is 0.405. The number of sulfone groups is 1. The van der Waals surface area contributed by atoms with Gasteiger partial charge in [0.05, 0.1) is 0 Å². The van der Waals surface area contributed by atoms with Crippen molar-refractivity contribution in [2.75, 3.05) is 6.26 Å². The third-order valence-electron chi connectivity index (χ3n) is 2.34. The fourth-order valence-electron chi connectivity index (χ4n) is 1.66. The van der Waals surface area contributed by atoms with E-state index in [1.54, 1.807) is 16.7 Å². The molecule has 2 rings (SSSR count). The van der Waals surface area contributed by atoms with E-state index >= 15 is 0 Å². The molecule has 0 saturated heterocycles. The van der Waals surface area contributed by atoms with Gasteiger partial charge in [-0.3, -0.25) is 4.57 Å². The Hall–Kier alpha value is -1.73. The lowest BCUT2D eigenvalue weighted by Gasteiger charge is -2.08. The highest BCUT2D eigenvalue weighted by Crippen LogP contribution is 2.14. The zero-order valence-electron chi connectivity index (χ0n) is 9.81. The highest BCUT2D eigenvalue weighted by Gasteiger charge is 2.16. The number of nitrogens with zero attached hydrogens (tertiary/aromatic N) is 3. The molecule has 1 aromatic heterocycles. The van der Waals surface area contributed by atoms with E-state index in [1.807, 2.05) is 18.2 Å². The first-order valence-corrected chi connectivity index (χ1v) is 7.34. The molecule has 2 aromatic rings. The quantitative estimate of drug-likeness (QED) is 0.861. The summed E-state index contributed by atoms with van der Waals surface area (Å²) in [6, 6.07) is 9.09. The van der Waals surface area contributed by atoms with Crippen molar-refractivity contribution in [3.63, 3.8) is 0 Å². The van der Waals surface area contributed by atoms with Gasteiger partial charge < -0.3 is 5.11 Å². The minimum absolute atomic E-state index is 0.213. The van der Waals surface area contributed by atoms with Gasteiger partial charge in [0.25, 0.3) is 0 Å². The minimum atomic E-state index is -3.21.